The molecule has 0 aliphatic carbocycles. The highest BCUT2D eigenvalue weighted by atomic mass is 19.4. The number of benzene rings is 1. The minimum absolute atomic E-state index is 0.174. The molecule has 1 aliphatic heterocycles. The van der Waals surface area contributed by atoms with E-state index in [1.807, 2.05) is 0 Å². The van der Waals surface area contributed by atoms with Crippen molar-refractivity contribution in [2.75, 3.05) is 24.5 Å². The molecule has 1 saturated heterocycles. The Morgan fingerprint density at radius 2 is 1.81 bits per heavy atom. The highest BCUT2D eigenvalue weighted by Gasteiger charge is 2.42. The number of carbonyl (C=O) groups excluding carboxylic acids is 1. The minimum atomic E-state index is -4.81. The number of carbonyl (C=O) groups is 2. The Labute approximate surface area is 153 Å². The van der Waals surface area contributed by atoms with Crippen LogP contribution in [0.4, 0.5) is 28.0 Å². The van der Waals surface area contributed by atoms with Crippen LogP contribution in [0, 0.1) is 5.82 Å². The molecule has 1 atom stereocenters. The second-order valence-electron chi connectivity index (χ2n) is 7.11. The zero-order valence-electron chi connectivity index (χ0n) is 15.0. The first-order valence-corrected chi connectivity index (χ1v) is 8.14. The molecule has 0 bridgehead atoms. The maximum atomic E-state index is 14.2. The predicted molar refractivity (Wildman–Crippen MR) is 88.0 cm³/mol. The van der Waals surface area contributed by atoms with E-state index in [4.69, 9.17) is 4.74 Å². The molecule has 27 heavy (non-hydrogen) atoms. The number of nitrogens with zero attached hydrogens (tertiary/aromatic N) is 2. The van der Waals surface area contributed by atoms with Crippen LogP contribution in [0.5, 0.6) is 0 Å². The van der Waals surface area contributed by atoms with Gasteiger partial charge in [-0.2, -0.15) is 13.2 Å². The maximum absolute atomic E-state index is 14.2. The van der Waals surface area contributed by atoms with Crippen molar-refractivity contribution in [3.8, 4) is 0 Å². The van der Waals surface area contributed by atoms with Gasteiger partial charge in [-0.3, -0.25) is 4.90 Å². The number of piperazine rings is 1. The van der Waals surface area contributed by atoms with Gasteiger partial charge < -0.3 is 14.7 Å². The molecule has 0 radical (unpaired) electrons. The van der Waals surface area contributed by atoms with Crippen LogP contribution in [-0.4, -0.2) is 53.3 Å². The molecular weight excluding hydrogens is 372 g/mol. The van der Waals surface area contributed by atoms with E-state index in [-0.39, 0.29) is 13.1 Å². The summed E-state index contributed by atoms with van der Waals surface area (Å²) in [5, 5.41) is 9.43. The van der Waals surface area contributed by atoms with Crippen LogP contribution in [0.15, 0.2) is 18.2 Å². The minimum Gasteiger partial charge on any atom is -0.480 e. The zero-order valence-corrected chi connectivity index (χ0v) is 15.0. The van der Waals surface area contributed by atoms with E-state index in [2.05, 4.69) is 0 Å². The first-order chi connectivity index (χ1) is 12.3. The quantitative estimate of drug-likeness (QED) is 0.782. The summed E-state index contributed by atoms with van der Waals surface area (Å²) in [4.78, 5) is 25.7. The Morgan fingerprint density at radius 1 is 1.19 bits per heavy atom. The van der Waals surface area contributed by atoms with Crippen molar-refractivity contribution in [1.29, 1.82) is 0 Å². The van der Waals surface area contributed by atoms with Gasteiger partial charge in [0.25, 0.3) is 0 Å². The van der Waals surface area contributed by atoms with Crippen LogP contribution in [0.2, 0.25) is 0 Å². The van der Waals surface area contributed by atoms with Crippen molar-refractivity contribution in [1.82, 2.24) is 4.90 Å². The second-order valence-corrected chi connectivity index (χ2v) is 7.11. The SMILES string of the molecule is CC(C)(C)OC(=O)N1CCN(c2c(F)cccc2C(F)(F)F)CC1C(=O)O. The van der Waals surface area contributed by atoms with Gasteiger partial charge in [-0.1, -0.05) is 6.07 Å². The lowest BCUT2D eigenvalue weighted by Gasteiger charge is -2.41. The number of halogens is 4. The Balaban J connectivity index is 2.33. The zero-order chi connectivity index (χ0) is 20.6. The average Bonchev–Trinajstić information content (AvgIpc) is 2.51. The molecule has 1 aromatic rings. The largest absolute Gasteiger partial charge is 0.480 e. The Hall–Kier alpha value is -2.52. The lowest BCUT2D eigenvalue weighted by Crippen LogP contribution is -2.59. The normalized spacial score (nSPS) is 18.4. The first-order valence-electron chi connectivity index (χ1n) is 8.14. The highest BCUT2D eigenvalue weighted by Crippen LogP contribution is 2.38. The molecule has 150 valence electrons. The number of ether oxygens (including phenoxy) is 1. The van der Waals surface area contributed by atoms with E-state index in [0.717, 1.165) is 28.0 Å². The van der Waals surface area contributed by atoms with Crippen molar-refractivity contribution >= 4 is 17.7 Å². The van der Waals surface area contributed by atoms with Gasteiger partial charge in [0, 0.05) is 19.6 Å². The van der Waals surface area contributed by atoms with Crippen LogP contribution in [0.3, 0.4) is 0 Å². The Kier molecular flexibility index (Phi) is 5.58. The fraction of sp³-hybridized carbons (Fsp3) is 0.529. The van der Waals surface area contributed by atoms with Gasteiger partial charge in [0.05, 0.1) is 11.3 Å². The Bertz CT molecular complexity index is 731. The van der Waals surface area contributed by atoms with E-state index in [9.17, 15) is 32.3 Å². The van der Waals surface area contributed by atoms with E-state index >= 15 is 0 Å². The summed E-state index contributed by atoms with van der Waals surface area (Å²) < 4.78 is 59.0. The van der Waals surface area contributed by atoms with Gasteiger partial charge in [0.2, 0.25) is 0 Å². The molecule has 1 aromatic carbocycles. The van der Waals surface area contributed by atoms with Gasteiger partial charge in [0.1, 0.15) is 17.5 Å². The molecule has 1 heterocycles. The smallest absolute Gasteiger partial charge is 0.418 e. The van der Waals surface area contributed by atoms with Crippen LogP contribution >= 0.6 is 0 Å². The first kappa shape index (κ1) is 20.8. The summed E-state index contributed by atoms with van der Waals surface area (Å²) in [7, 11) is 0. The molecule has 1 unspecified atom stereocenters. The van der Waals surface area contributed by atoms with Crippen LogP contribution in [0.25, 0.3) is 0 Å². The van der Waals surface area contributed by atoms with Gasteiger partial charge in [-0.25, -0.2) is 14.0 Å². The third kappa shape index (κ3) is 4.81. The van der Waals surface area contributed by atoms with Gasteiger partial charge in [-0.05, 0) is 32.9 Å². The van der Waals surface area contributed by atoms with Gasteiger partial charge in [-0.15, -0.1) is 0 Å². The number of para-hydroxylation sites is 1. The number of hydrogen-bond donors (Lipinski definition) is 1. The van der Waals surface area contributed by atoms with Crippen molar-refractivity contribution in [2.45, 2.75) is 38.6 Å². The number of amides is 1. The summed E-state index contributed by atoms with van der Waals surface area (Å²) in [6.07, 6.45) is -5.70. The summed E-state index contributed by atoms with van der Waals surface area (Å²) in [6.45, 7) is 3.91. The predicted octanol–water partition coefficient (Wildman–Crippen LogP) is 3.35. The molecule has 1 aliphatic rings. The number of alkyl halides is 3. The Morgan fingerprint density at radius 3 is 2.33 bits per heavy atom. The van der Waals surface area contributed by atoms with Crippen molar-refractivity contribution in [3.63, 3.8) is 0 Å². The van der Waals surface area contributed by atoms with Gasteiger partial charge in [0.15, 0.2) is 0 Å². The lowest BCUT2D eigenvalue weighted by molar-refractivity contribution is -0.143. The molecule has 0 aromatic heterocycles. The van der Waals surface area contributed by atoms with Crippen molar-refractivity contribution < 1.29 is 37.0 Å². The van der Waals surface area contributed by atoms with E-state index in [1.165, 1.54) is 0 Å². The van der Waals surface area contributed by atoms with E-state index < -0.39 is 53.5 Å². The molecule has 6 nitrogen and oxygen atoms in total. The lowest BCUT2D eigenvalue weighted by atomic mass is 10.1. The fourth-order valence-corrected chi connectivity index (χ4v) is 2.80. The molecule has 2 rings (SSSR count). The second kappa shape index (κ2) is 7.24. The summed E-state index contributed by atoms with van der Waals surface area (Å²) in [5.74, 6) is -2.53. The molecule has 0 saturated carbocycles. The molecule has 1 amide bonds. The number of hydrogen-bond acceptors (Lipinski definition) is 4. The summed E-state index contributed by atoms with van der Waals surface area (Å²) in [6, 6.07) is 1.07. The molecule has 0 spiro atoms. The molecule has 1 fully saturated rings. The molecule has 10 heteroatoms. The van der Waals surface area contributed by atoms with Gasteiger partial charge >= 0.3 is 18.2 Å². The van der Waals surface area contributed by atoms with Crippen LogP contribution < -0.4 is 4.90 Å². The monoisotopic (exact) mass is 392 g/mol. The van der Waals surface area contributed by atoms with Crippen molar-refractivity contribution in [3.05, 3.63) is 29.6 Å². The molecule has 1 N–H and O–H groups in total. The number of carboxylic acid groups (broad SMARTS) is 1. The molecular formula is C17H20F4N2O4. The van der Waals surface area contributed by atoms with E-state index in [1.54, 1.807) is 20.8 Å². The summed E-state index contributed by atoms with van der Waals surface area (Å²) in [5.41, 5.74) is -2.79. The topological polar surface area (TPSA) is 70.1 Å². The number of carboxylic acids is 1. The van der Waals surface area contributed by atoms with Crippen LogP contribution in [-0.2, 0) is 15.7 Å². The third-order valence-electron chi connectivity index (χ3n) is 3.90. The average molecular weight is 392 g/mol. The number of anilines is 1. The standard InChI is InChI=1S/C17H20F4N2O4/c1-16(2,3)27-15(26)23-8-7-22(9-12(23)14(24)25)13-10(17(19,20)21)5-4-6-11(13)18/h4-6,12H,7-9H2,1-3H3,(H,24,25). The number of rotatable bonds is 2. The maximum Gasteiger partial charge on any atom is 0.418 e. The third-order valence-corrected chi connectivity index (χ3v) is 3.90. The highest BCUT2D eigenvalue weighted by molar-refractivity contribution is 5.81. The van der Waals surface area contributed by atoms with Crippen molar-refractivity contribution in [2.24, 2.45) is 0 Å². The van der Waals surface area contributed by atoms with Crippen LogP contribution in [0.1, 0.15) is 26.3 Å². The fourth-order valence-electron chi connectivity index (χ4n) is 2.80. The van der Waals surface area contributed by atoms with E-state index in [0.29, 0.717) is 0 Å². The summed E-state index contributed by atoms with van der Waals surface area (Å²) >= 11 is 0. The number of aliphatic carboxylic acids is 1.